The maximum absolute atomic E-state index is 5.94. The summed E-state index contributed by atoms with van der Waals surface area (Å²) < 4.78 is 5.07. The SMILES string of the molecule is COc1nc(Cl)nc(N(CC2CCCCN2)C(C)C)n1. The molecule has 1 aromatic rings. The van der Waals surface area contributed by atoms with Crippen LogP contribution in [-0.4, -0.2) is 47.2 Å². The molecule has 1 unspecified atom stereocenters. The van der Waals surface area contributed by atoms with E-state index in [0.29, 0.717) is 12.0 Å². The molecule has 2 rings (SSSR count). The normalized spacial score (nSPS) is 19.1. The Morgan fingerprint density at radius 1 is 1.35 bits per heavy atom. The van der Waals surface area contributed by atoms with Crippen LogP contribution in [0.1, 0.15) is 33.1 Å². The molecule has 0 radical (unpaired) electrons. The van der Waals surface area contributed by atoms with Crippen molar-refractivity contribution in [3.63, 3.8) is 0 Å². The zero-order valence-corrected chi connectivity index (χ0v) is 13.0. The second-order valence-electron chi connectivity index (χ2n) is 5.28. The van der Waals surface area contributed by atoms with E-state index < -0.39 is 0 Å². The third-order valence-corrected chi connectivity index (χ3v) is 3.64. The standard InChI is InChI=1S/C13H22ClN5O/c1-9(2)19(8-10-6-4-5-7-15-10)12-16-11(14)17-13(18-12)20-3/h9-10,15H,4-8H2,1-3H3. The largest absolute Gasteiger partial charge is 0.467 e. The lowest BCUT2D eigenvalue weighted by Crippen LogP contribution is -2.46. The van der Waals surface area contributed by atoms with Crippen molar-refractivity contribution in [3.05, 3.63) is 5.28 Å². The summed E-state index contributed by atoms with van der Waals surface area (Å²) in [4.78, 5) is 14.6. The van der Waals surface area contributed by atoms with Crippen LogP contribution in [0.4, 0.5) is 5.95 Å². The molecule has 0 bridgehead atoms. The summed E-state index contributed by atoms with van der Waals surface area (Å²) in [6.45, 7) is 6.18. The highest BCUT2D eigenvalue weighted by atomic mass is 35.5. The number of rotatable bonds is 5. The van der Waals surface area contributed by atoms with Crippen LogP contribution >= 0.6 is 11.6 Å². The number of halogens is 1. The van der Waals surface area contributed by atoms with Crippen molar-refractivity contribution >= 4 is 17.5 Å². The van der Waals surface area contributed by atoms with Crippen LogP contribution in [0, 0.1) is 0 Å². The van der Waals surface area contributed by atoms with E-state index in [4.69, 9.17) is 16.3 Å². The first-order chi connectivity index (χ1) is 9.60. The van der Waals surface area contributed by atoms with Gasteiger partial charge >= 0.3 is 6.01 Å². The maximum Gasteiger partial charge on any atom is 0.322 e. The minimum atomic E-state index is 0.161. The quantitative estimate of drug-likeness (QED) is 0.896. The van der Waals surface area contributed by atoms with Gasteiger partial charge in [-0.05, 0) is 44.8 Å². The number of ether oxygens (including phenoxy) is 1. The van der Waals surface area contributed by atoms with Crippen molar-refractivity contribution in [2.45, 2.75) is 45.2 Å². The minimum absolute atomic E-state index is 0.161. The molecule has 112 valence electrons. The van der Waals surface area contributed by atoms with Gasteiger partial charge in [0.05, 0.1) is 7.11 Å². The van der Waals surface area contributed by atoms with E-state index in [2.05, 4.69) is 39.0 Å². The van der Waals surface area contributed by atoms with Crippen molar-refractivity contribution < 1.29 is 4.74 Å². The molecule has 0 amide bonds. The number of aromatic nitrogens is 3. The number of piperidine rings is 1. The Morgan fingerprint density at radius 2 is 2.15 bits per heavy atom. The second kappa shape index (κ2) is 7.04. The first-order valence-electron chi connectivity index (χ1n) is 7.05. The average Bonchev–Trinajstić information content (AvgIpc) is 2.44. The molecule has 1 aromatic heterocycles. The van der Waals surface area contributed by atoms with Gasteiger partial charge in [0, 0.05) is 18.6 Å². The lowest BCUT2D eigenvalue weighted by atomic mass is 10.0. The number of hydrogen-bond acceptors (Lipinski definition) is 6. The predicted molar refractivity (Wildman–Crippen MR) is 79.5 cm³/mol. The zero-order chi connectivity index (χ0) is 14.5. The number of anilines is 1. The monoisotopic (exact) mass is 299 g/mol. The van der Waals surface area contributed by atoms with Crippen LogP contribution in [0.3, 0.4) is 0 Å². The highest BCUT2D eigenvalue weighted by molar-refractivity contribution is 6.28. The fourth-order valence-corrected chi connectivity index (χ4v) is 2.53. The van der Waals surface area contributed by atoms with E-state index in [1.54, 1.807) is 0 Å². The molecule has 1 aliphatic rings. The van der Waals surface area contributed by atoms with Crippen LogP contribution in [0.5, 0.6) is 6.01 Å². The van der Waals surface area contributed by atoms with E-state index in [-0.39, 0.29) is 17.3 Å². The van der Waals surface area contributed by atoms with E-state index in [1.807, 2.05) is 0 Å². The van der Waals surface area contributed by atoms with E-state index >= 15 is 0 Å². The zero-order valence-electron chi connectivity index (χ0n) is 12.3. The number of hydrogen-bond donors (Lipinski definition) is 1. The summed E-state index contributed by atoms with van der Waals surface area (Å²) in [5, 5.41) is 3.70. The van der Waals surface area contributed by atoms with Gasteiger partial charge in [0.2, 0.25) is 11.2 Å². The molecular weight excluding hydrogens is 278 g/mol. The van der Waals surface area contributed by atoms with E-state index in [1.165, 1.54) is 26.4 Å². The summed E-state index contributed by atoms with van der Waals surface area (Å²) in [5.41, 5.74) is 0. The summed E-state index contributed by atoms with van der Waals surface area (Å²) in [6.07, 6.45) is 3.70. The van der Waals surface area contributed by atoms with Gasteiger partial charge in [-0.2, -0.15) is 15.0 Å². The topological polar surface area (TPSA) is 63.2 Å². The average molecular weight is 300 g/mol. The third kappa shape index (κ3) is 3.93. The Labute approximate surface area is 124 Å². The van der Waals surface area contributed by atoms with Gasteiger partial charge in [0.1, 0.15) is 0 Å². The number of nitrogens with one attached hydrogen (secondary N) is 1. The molecule has 0 spiro atoms. The molecule has 0 aromatic carbocycles. The van der Waals surface area contributed by atoms with Crippen LogP contribution in [0.15, 0.2) is 0 Å². The lowest BCUT2D eigenvalue weighted by Gasteiger charge is -2.33. The Balaban J connectivity index is 2.16. The lowest BCUT2D eigenvalue weighted by molar-refractivity contribution is 0.373. The highest BCUT2D eigenvalue weighted by Gasteiger charge is 2.22. The predicted octanol–water partition coefficient (Wildman–Crippen LogP) is 1.89. The van der Waals surface area contributed by atoms with Crippen molar-refractivity contribution in [3.8, 4) is 6.01 Å². The maximum atomic E-state index is 5.94. The van der Waals surface area contributed by atoms with E-state index in [9.17, 15) is 0 Å². The van der Waals surface area contributed by atoms with Gasteiger partial charge in [-0.25, -0.2) is 0 Å². The van der Waals surface area contributed by atoms with Gasteiger partial charge in [-0.3, -0.25) is 0 Å². The summed E-state index contributed by atoms with van der Waals surface area (Å²) >= 11 is 5.94. The van der Waals surface area contributed by atoms with Crippen molar-refractivity contribution in [1.29, 1.82) is 0 Å². The van der Waals surface area contributed by atoms with Crippen LogP contribution in [0.2, 0.25) is 5.28 Å². The molecule has 1 N–H and O–H groups in total. The summed E-state index contributed by atoms with van der Waals surface area (Å²) in [6, 6.07) is 0.997. The Bertz CT molecular complexity index is 437. The van der Waals surface area contributed by atoms with Crippen LogP contribution in [-0.2, 0) is 0 Å². The molecule has 7 heteroatoms. The first-order valence-corrected chi connectivity index (χ1v) is 7.43. The van der Waals surface area contributed by atoms with Gasteiger partial charge in [0.25, 0.3) is 0 Å². The van der Waals surface area contributed by atoms with Crippen molar-refractivity contribution in [1.82, 2.24) is 20.3 Å². The van der Waals surface area contributed by atoms with E-state index in [0.717, 1.165) is 13.1 Å². The Kier molecular flexibility index (Phi) is 5.37. The van der Waals surface area contributed by atoms with Crippen molar-refractivity contribution in [2.75, 3.05) is 25.1 Å². The summed E-state index contributed by atoms with van der Waals surface area (Å²) in [5.74, 6) is 0.573. The molecular formula is C13H22ClN5O. The van der Waals surface area contributed by atoms with Gasteiger partial charge in [-0.1, -0.05) is 6.42 Å². The van der Waals surface area contributed by atoms with Gasteiger partial charge < -0.3 is 15.0 Å². The smallest absolute Gasteiger partial charge is 0.322 e. The molecule has 1 saturated heterocycles. The van der Waals surface area contributed by atoms with Crippen molar-refractivity contribution in [2.24, 2.45) is 0 Å². The van der Waals surface area contributed by atoms with Crippen LogP contribution in [0.25, 0.3) is 0 Å². The number of methoxy groups -OCH3 is 1. The van der Waals surface area contributed by atoms with Gasteiger partial charge in [0.15, 0.2) is 0 Å². The second-order valence-corrected chi connectivity index (χ2v) is 5.62. The molecule has 1 fully saturated rings. The molecule has 6 nitrogen and oxygen atoms in total. The molecule has 2 heterocycles. The molecule has 1 atom stereocenters. The fraction of sp³-hybridized carbons (Fsp3) is 0.769. The molecule has 1 aliphatic heterocycles. The Morgan fingerprint density at radius 3 is 2.75 bits per heavy atom. The number of nitrogens with zero attached hydrogens (tertiary/aromatic N) is 4. The molecule has 0 aliphatic carbocycles. The third-order valence-electron chi connectivity index (χ3n) is 3.47. The first kappa shape index (κ1) is 15.3. The Hall–Kier alpha value is -1.14. The summed E-state index contributed by atoms with van der Waals surface area (Å²) in [7, 11) is 1.53. The molecule has 0 saturated carbocycles. The van der Waals surface area contributed by atoms with Gasteiger partial charge in [-0.15, -0.1) is 0 Å². The molecule has 20 heavy (non-hydrogen) atoms. The minimum Gasteiger partial charge on any atom is -0.467 e. The van der Waals surface area contributed by atoms with Crippen LogP contribution < -0.4 is 15.0 Å². The highest BCUT2D eigenvalue weighted by Crippen LogP contribution is 2.19. The fourth-order valence-electron chi connectivity index (χ4n) is 2.38.